The molecule has 0 aromatic carbocycles. The van der Waals surface area contributed by atoms with Gasteiger partial charge in [0.1, 0.15) is 0 Å². The lowest BCUT2D eigenvalue weighted by Crippen LogP contribution is -2.79. The van der Waals surface area contributed by atoms with Gasteiger partial charge in [-0.1, -0.05) is 45.8 Å². The average molecular weight is 567 g/mol. The minimum absolute atomic E-state index is 0.00690. The van der Waals surface area contributed by atoms with Gasteiger partial charge in [0.2, 0.25) is 0 Å². The van der Waals surface area contributed by atoms with Gasteiger partial charge in [-0.3, -0.25) is 4.79 Å². The molecule has 0 aromatic rings. The maximum atomic E-state index is 12.7. The maximum absolute atomic E-state index is 12.7. The summed E-state index contributed by atoms with van der Waals surface area (Å²) in [6.45, 7) is 10.0. The van der Waals surface area contributed by atoms with Crippen molar-refractivity contribution in [3.05, 3.63) is 12.2 Å². The first kappa shape index (κ1) is 27.6. The van der Waals surface area contributed by atoms with Crippen molar-refractivity contribution in [1.29, 1.82) is 0 Å². The summed E-state index contributed by atoms with van der Waals surface area (Å²) in [6.07, 6.45) is 21.1. The van der Waals surface area contributed by atoms with E-state index in [0.717, 1.165) is 51.4 Å². The Labute approximate surface area is 246 Å². The third-order valence-electron chi connectivity index (χ3n) is 17.0. The van der Waals surface area contributed by atoms with E-state index in [1.165, 1.54) is 44.9 Å². The van der Waals surface area contributed by atoms with Crippen LogP contribution in [0.4, 0.5) is 0 Å². The van der Waals surface area contributed by atoms with Crippen LogP contribution in [-0.4, -0.2) is 39.3 Å². The van der Waals surface area contributed by atoms with E-state index >= 15 is 0 Å². The molecule has 1 saturated heterocycles. The highest BCUT2D eigenvalue weighted by Gasteiger charge is 2.84. The molecule has 3 spiro atoms. The number of aliphatic carboxylic acids is 1. The minimum Gasteiger partial charge on any atom is -0.481 e. The Balaban J connectivity index is 1.30. The van der Waals surface area contributed by atoms with Crippen LogP contribution in [0, 0.1) is 55.7 Å². The average Bonchev–Trinajstić information content (AvgIpc) is 3.10. The number of aliphatic hydroxyl groups is 2. The van der Waals surface area contributed by atoms with E-state index in [1.54, 1.807) is 0 Å². The molecule has 0 radical (unpaired) electrons. The minimum atomic E-state index is -1.22. The van der Waals surface area contributed by atoms with E-state index in [1.807, 2.05) is 6.92 Å². The zero-order valence-electron chi connectivity index (χ0n) is 26.1. The summed E-state index contributed by atoms with van der Waals surface area (Å²) in [5.74, 6) is -1.15. The predicted molar refractivity (Wildman–Crippen MR) is 157 cm³/mol. The molecular formula is C36H54O5. The first-order valence-electron chi connectivity index (χ1n) is 17.2. The number of carboxylic acids is 1. The first-order chi connectivity index (χ1) is 19.2. The van der Waals surface area contributed by atoms with Crippen LogP contribution in [0.3, 0.4) is 0 Å². The van der Waals surface area contributed by atoms with Crippen molar-refractivity contribution in [3.8, 4) is 0 Å². The Bertz CT molecular complexity index is 1210. The van der Waals surface area contributed by atoms with E-state index in [0.29, 0.717) is 18.9 Å². The van der Waals surface area contributed by atoms with E-state index in [-0.39, 0.29) is 44.3 Å². The molecule has 1 aliphatic heterocycles. The fourth-order valence-corrected chi connectivity index (χ4v) is 15.4. The summed E-state index contributed by atoms with van der Waals surface area (Å²) < 4.78 is 6.41. The number of allylic oxidation sites excluding steroid dienone is 1. The lowest BCUT2D eigenvalue weighted by molar-refractivity contribution is -0.359. The predicted octanol–water partition coefficient (Wildman–Crippen LogP) is 7.25. The summed E-state index contributed by atoms with van der Waals surface area (Å²) in [5, 5.41) is 35.0. The highest BCUT2D eigenvalue weighted by molar-refractivity contribution is 5.74. The molecule has 7 fully saturated rings. The molecule has 228 valence electrons. The summed E-state index contributed by atoms with van der Waals surface area (Å²) in [4.78, 5) is 12.6. The van der Waals surface area contributed by atoms with Gasteiger partial charge in [0.25, 0.3) is 0 Å². The molecule has 4 bridgehead atoms. The Kier molecular flexibility index (Phi) is 5.28. The fraction of sp³-hybridized carbons (Fsp3) is 0.917. The Morgan fingerprint density at radius 1 is 0.927 bits per heavy atom. The maximum Gasteiger partial charge on any atom is 0.309 e. The number of fused-ring (bicyclic) bond motifs is 2. The van der Waals surface area contributed by atoms with Crippen LogP contribution in [0.15, 0.2) is 12.2 Å². The Morgan fingerprint density at radius 3 is 2.44 bits per heavy atom. The van der Waals surface area contributed by atoms with Gasteiger partial charge in [0, 0.05) is 23.7 Å². The van der Waals surface area contributed by atoms with Gasteiger partial charge in [0.15, 0.2) is 5.79 Å². The van der Waals surface area contributed by atoms with E-state index < -0.39 is 22.8 Å². The second kappa shape index (κ2) is 7.83. The van der Waals surface area contributed by atoms with Crippen LogP contribution in [-0.2, 0) is 9.53 Å². The van der Waals surface area contributed by atoms with Gasteiger partial charge in [-0.15, -0.1) is 0 Å². The lowest BCUT2D eigenvalue weighted by atomic mass is 9.21. The molecule has 8 aliphatic rings. The third kappa shape index (κ3) is 2.78. The molecule has 1 heterocycles. The van der Waals surface area contributed by atoms with Crippen LogP contribution in [0.2, 0.25) is 0 Å². The van der Waals surface area contributed by atoms with Crippen molar-refractivity contribution in [1.82, 2.24) is 0 Å². The fourth-order valence-electron chi connectivity index (χ4n) is 15.4. The molecule has 0 unspecified atom stereocenters. The molecular weight excluding hydrogens is 512 g/mol. The number of carboxylic acid groups (broad SMARTS) is 1. The molecule has 0 aromatic heterocycles. The van der Waals surface area contributed by atoms with Crippen LogP contribution >= 0.6 is 0 Å². The molecule has 12 atom stereocenters. The highest BCUT2D eigenvalue weighted by Crippen LogP contribution is 2.88. The quantitative estimate of drug-likeness (QED) is 0.313. The van der Waals surface area contributed by atoms with E-state index in [2.05, 4.69) is 32.9 Å². The van der Waals surface area contributed by atoms with Gasteiger partial charge in [-0.05, 0) is 123 Å². The van der Waals surface area contributed by atoms with Crippen molar-refractivity contribution in [2.24, 2.45) is 55.7 Å². The summed E-state index contributed by atoms with van der Waals surface area (Å²) in [7, 11) is 0. The molecule has 41 heavy (non-hydrogen) atoms. The van der Waals surface area contributed by atoms with Crippen molar-refractivity contribution in [2.75, 3.05) is 6.61 Å². The second-order valence-electron chi connectivity index (χ2n) is 17.8. The zero-order chi connectivity index (χ0) is 29.0. The zero-order valence-corrected chi connectivity index (χ0v) is 26.1. The topological polar surface area (TPSA) is 87.0 Å². The smallest absolute Gasteiger partial charge is 0.309 e. The van der Waals surface area contributed by atoms with Gasteiger partial charge in [-0.25, -0.2) is 0 Å². The summed E-state index contributed by atoms with van der Waals surface area (Å²) in [5.41, 5.74) is -1.13. The van der Waals surface area contributed by atoms with Crippen LogP contribution in [0.5, 0.6) is 0 Å². The molecule has 0 amide bonds. The Hall–Kier alpha value is -0.910. The standard InChI is InChI=1S/C36H54O5/c1-5-8-24-31-17-20-35-12-7-9-32(25-21-29(3,27(37)38)14-13-28(25,2)15-16-30(32,35)4)18-19-33(35)10-6-11-34(39,26(31)33)22-36(24,40)41-23-31/h6,11,24-26,39-40H,5,7-10,12-23H2,1-4H3,(H,37,38)/t24-,25-,26-,28-,29-,30+,31+,32+,33+,34-,35-,36+/m1/s1. The SMILES string of the molecule is CCC[C@@H]1[C@]23CC[C@@]45CCC[C@]6(CC[C@]47CC=C[C@@](O)(C[C@]1(O)OC2)[C@H]37)[C@@H]1C[C@](C)(C(=O)O)CC[C@]1(C)CC[C@@]65C. The number of carbonyl (C=O) groups is 1. The first-order valence-corrected chi connectivity index (χ1v) is 17.2. The highest BCUT2D eigenvalue weighted by atomic mass is 16.6. The van der Waals surface area contributed by atoms with Crippen LogP contribution < -0.4 is 0 Å². The number of ether oxygens (including phenoxy) is 1. The lowest BCUT2D eigenvalue weighted by Gasteiger charge is -2.83. The number of rotatable bonds is 3. The van der Waals surface area contributed by atoms with Crippen molar-refractivity contribution in [2.45, 2.75) is 142 Å². The normalized spacial score (nSPS) is 61.8. The van der Waals surface area contributed by atoms with Crippen LogP contribution in [0.1, 0.15) is 130 Å². The monoisotopic (exact) mass is 566 g/mol. The number of hydrogen-bond donors (Lipinski definition) is 3. The van der Waals surface area contributed by atoms with E-state index in [4.69, 9.17) is 4.74 Å². The molecule has 3 N–H and O–H groups in total. The molecule has 8 rings (SSSR count). The summed E-state index contributed by atoms with van der Waals surface area (Å²) >= 11 is 0. The number of hydrogen-bond acceptors (Lipinski definition) is 4. The van der Waals surface area contributed by atoms with Gasteiger partial charge < -0.3 is 20.1 Å². The van der Waals surface area contributed by atoms with Crippen LogP contribution in [0.25, 0.3) is 0 Å². The van der Waals surface area contributed by atoms with Crippen molar-refractivity contribution in [3.63, 3.8) is 0 Å². The molecule has 7 aliphatic carbocycles. The second-order valence-corrected chi connectivity index (χ2v) is 17.8. The van der Waals surface area contributed by atoms with E-state index in [9.17, 15) is 20.1 Å². The summed E-state index contributed by atoms with van der Waals surface area (Å²) in [6, 6.07) is 0. The largest absolute Gasteiger partial charge is 0.481 e. The Morgan fingerprint density at radius 2 is 1.68 bits per heavy atom. The molecule has 5 nitrogen and oxygen atoms in total. The van der Waals surface area contributed by atoms with Gasteiger partial charge in [-0.2, -0.15) is 0 Å². The van der Waals surface area contributed by atoms with Gasteiger partial charge in [0.05, 0.1) is 17.6 Å². The molecule has 6 saturated carbocycles. The van der Waals surface area contributed by atoms with Crippen molar-refractivity contribution < 1.29 is 24.9 Å². The van der Waals surface area contributed by atoms with Crippen molar-refractivity contribution >= 4 is 5.97 Å². The third-order valence-corrected chi connectivity index (χ3v) is 17.0. The molecule has 5 heteroatoms. The van der Waals surface area contributed by atoms with Gasteiger partial charge >= 0.3 is 5.97 Å².